The van der Waals surface area contributed by atoms with Crippen LogP contribution in [0.2, 0.25) is 18.1 Å². The van der Waals surface area contributed by atoms with Gasteiger partial charge in [0.15, 0.2) is 14.1 Å². The van der Waals surface area contributed by atoms with E-state index in [0.717, 1.165) is 13.2 Å². The van der Waals surface area contributed by atoms with Crippen LogP contribution < -0.4 is 5.32 Å². The van der Waals surface area contributed by atoms with E-state index in [0.29, 0.717) is 0 Å². The maximum Gasteiger partial charge on any atom is 0.192 e. The molecule has 112 valence electrons. The van der Waals surface area contributed by atoms with Crippen molar-refractivity contribution in [2.45, 2.75) is 76.8 Å². The Hall–Kier alpha value is 0.0569. The summed E-state index contributed by atoms with van der Waals surface area (Å²) >= 11 is 0. The molecule has 4 nitrogen and oxygen atoms in total. The van der Waals surface area contributed by atoms with Gasteiger partial charge in [0.2, 0.25) is 0 Å². The van der Waals surface area contributed by atoms with Crippen LogP contribution in [0.3, 0.4) is 0 Å². The lowest BCUT2D eigenvalue weighted by Gasteiger charge is -2.37. The number of ether oxygens (including phenoxy) is 2. The van der Waals surface area contributed by atoms with Gasteiger partial charge in [0.05, 0.1) is 12.6 Å². The molecule has 0 aliphatic carbocycles. The molecule has 0 saturated carbocycles. The molecule has 0 aromatic heterocycles. The predicted molar refractivity (Wildman–Crippen MR) is 78.8 cm³/mol. The van der Waals surface area contributed by atoms with E-state index in [1.165, 1.54) is 0 Å². The van der Waals surface area contributed by atoms with Gasteiger partial charge in [-0.05, 0) is 32.0 Å². The van der Waals surface area contributed by atoms with Crippen LogP contribution >= 0.6 is 0 Å². The lowest BCUT2D eigenvalue weighted by atomic mass is 10.1. The first-order chi connectivity index (χ1) is 8.52. The van der Waals surface area contributed by atoms with Gasteiger partial charge in [-0.25, -0.2) is 0 Å². The Morgan fingerprint density at radius 1 is 1.26 bits per heavy atom. The predicted octanol–water partition coefficient (Wildman–Crippen LogP) is 2.50. The largest absolute Gasteiger partial charge is 0.415 e. The zero-order valence-electron chi connectivity index (χ0n) is 13.4. The Morgan fingerprint density at radius 3 is 2.47 bits per heavy atom. The van der Waals surface area contributed by atoms with E-state index in [9.17, 15) is 0 Å². The summed E-state index contributed by atoms with van der Waals surface area (Å²) in [6.45, 7) is 16.9. The van der Waals surface area contributed by atoms with Crippen molar-refractivity contribution < 1.29 is 13.9 Å². The maximum absolute atomic E-state index is 6.30. The quantitative estimate of drug-likeness (QED) is 0.810. The molecule has 2 aliphatic rings. The molecule has 1 N–H and O–H groups in total. The van der Waals surface area contributed by atoms with Crippen molar-refractivity contribution in [3.63, 3.8) is 0 Å². The molecule has 0 amide bonds. The first-order valence-corrected chi connectivity index (χ1v) is 10.2. The molecule has 0 spiro atoms. The van der Waals surface area contributed by atoms with Gasteiger partial charge in [-0.2, -0.15) is 0 Å². The fourth-order valence-corrected chi connectivity index (χ4v) is 3.44. The average Bonchev–Trinajstić information content (AvgIpc) is 2.68. The van der Waals surface area contributed by atoms with Gasteiger partial charge in [0.25, 0.3) is 0 Å². The van der Waals surface area contributed by atoms with Gasteiger partial charge in [-0.1, -0.05) is 20.8 Å². The van der Waals surface area contributed by atoms with Crippen LogP contribution in [-0.2, 0) is 13.9 Å². The van der Waals surface area contributed by atoms with Gasteiger partial charge in [-0.15, -0.1) is 0 Å². The summed E-state index contributed by atoms with van der Waals surface area (Å²) in [5.41, 5.74) is 0. The standard InChI is InChI=1S/C14H29NO3Si/c1-13(2,3)19(6,7)16-9-10-12-11(8-15-10)17-14(4,5)18-12/h10-12,15H,8-9H2,1-7H3/t10-,11+,12-/m1/s1. The first-order valence-electron chi connectivity index (χ1n) is 7.25. The van der Waals surface area contributed by atoms with Crippen LogP contribution in [0.1, 0.15) is 34.6 Å². The van der Waals surface area contributed by atoms with Crippen molar-refractivity contribution in [3.8, 4) is 0 Å². The van der Waals surface area contributed by atoms with E-state index in [1.54, 1.807) is 0 Å². The Bertz CT molecular complexity index is 338. The van der Waals surface area contributed by atoms with Crippen molar-refractivity contribution in [1.29, 1.82) is 0 Å². The van der Waals surface area contributed by atoms with E-state index in [4.69, 9.17) is 13.9 Å². The summed E-state index contributed by atoms with van der Waals surface area (Å²) < 4.78 is 18.2. The molecule has 5 heteroatoms. The fourth-order valence-electron chi connectivity index (χ4n) is 2.41. The number of fused-ring (bicyclic) bond motifs is 1. The molecule has 0 bridgehead atoms. The minimum Gasteiger partial charge on any atom is -0.415 e. The van der Waals surface area contributed by atoms with Crippen LogP contribution in [0.5, 0.6) is 0 Å². The van der Waals surface area contributed by atoms with E-state index in [1.807, 2.05) is 13.8 Å². The molecule has 2 fully saturated rings. The summed E-state index contributed by atoms with van der Waals surface area (Å²) in [5, 5.41) is 3.71. The van der Waals surface area contributed by atoms with Crippen molar-refractivity contribution in [2.75, 3.05) is 13.2 Å². The van der Waals surface area contributed by atoms with Crippen LogP contribution in [0, 0.1) is 0 Å². The van der Waals surface area contributed by atoms with Crippen molar-refractivity contribution in [1.82, 2.24) is 5.32 Å². The molecule has 0 aromatic rings. The van der Waals surface area contributed by atoms with Gasteiger partial charge in [-0.3, -0.25) is 0 Å². The number of nitrogens with one attached hydrogen (secondary N) is 1. The molecule has 0 radical (unpaired) electrons. The SMILES string of the molecule is CC1(C)O[C@H]2[C@H](CN[C@@H]2CO[Si](C)(C)C(C)(C)C)O1. The third-order valence-corrected chi connectivity index (χ3v) is 9.13. The Morgan fingerprint density at radius 2 is 1.89 bits per heavy atom. The Labute approximate surface area is 118 Å². The van der Waals surface area contributed by atoms with Crippen LogP contribution in [0.4, 0.5) is 0 Å². The number of rotatable bonds is 3. The summed E-state index contributed by atoms with van der Waals surface area (Å²) in [7, 11) is -1.69. The van der Waals surface area contributed by atoms with Crippen LogP contribution in [0.15, 0.2) is 0 Å². The van der Waals surface area contributed by atoms with Crippen molar-refractivity contribution >= 4 is 8.32 Å². The van der Waals surface area contributed by atoms with Gasteiger partial charge >= 0.3 is 0 Å². The second-order valence-electron chi connectivity index (χ2n) is 7.72. The second-order valence-corrected chi connectivity index (χ2v) is 12.5. The highest BCUT2D eigenvalue weighted by molar-refractivity contribution is 6.74. The minimum atomic E-state index is -1.69. The Kier molecular flexibility index (Phi) is 3.91. The number of hydrogen-bond acceptors (Lipinski definition) is 4. The molecule has 3 atom stereocenters. The molecular weight excluding hydrogens is 258 g/mol. The Balaban J connectivity index is 1.91. The van der Waals surface area contributed by atoms with Gasteiger partial charge in [0.1, 0.15) is 12.2 Å². The topological polar surface area (TPSA) is 39.7 Å². The molecule has 0 aromatic carbocycles. The average molecular weight is 287 g/mol. The molecule has 19 heavy (non-hydrogen) atoms. The highest BCUT2D eigenvalue weighted by atomic mass is 28.4. The minimum absolute atomic E-state index is 0.125. The van der Waals surface area contributed by atoms with E-state index in [2.05, 4.69) is 39.2 Å². The summed E-state index contributed by atoms with van der Waals surface area (Å²) in [6.07, 6.45) is 0.294. The van der Waals surface area contributed by atoms with E-state index >= 15 is 0 Å². The van der Waals surface area contributed by atoms with Gasteiger partial charge < -0.3 is 19.2 Å². The van der Waals surface area contributed by atoms with Crippen molar-refractivity contribution in [2.24, 2.45) is 0 Å². The summed E-state index contributed by atoms with van der Waals surface area (Å²) in [6, 6.07) is 0.251. The molecule has 2 heterocycles. The lowest BCUT2D eigenvalue weighted by molar-refractivity contribution is -0.153. The lowest BCUT2D eigenvalue weighted by Crippen LogP contribution is -2.46. The highest BCUT2D eigenvalue weighted by Gasteiger charge is 2.49. The van der Waals surface area contributed by atoms with Crippen molar-refractivity contribution in [3.05, 3.63) is 0 Å². The third-order valence-electron chi connectivity index (χ3n) is 4.63. The van der Waals surface area contributed by atoms with E-state index < -0.39 is 14.1 Å². The van der Waals surface area contributed by atoms with Crippen LogP contribution in [0.25, 0.3) is 0 Å². The molecule has 2 saturated heterocycles. The summed E-state index contributed by atoms with van der Waals surface area (Å²) in [4.78, 5) is 0. The summed E-state index contributed by atoms with van der Waals surface area (Å²) in [5.74, 6) is -0.452. The molecular formula is C14H29NO3Si. The van der Waals surface area contributed by atoms with Crippen LogP contribution in [-0.4, -0.2) is 45.5 Å². The van der Waals surface area contributed by atoms with Gasteiger partial charge in [0, 0.05) is 6.54 Å². The maximum atomic E-state index is 6.30. The number of hydrogen-bond donors (Lipinski definition) is 1. The first kappa shape index (κ1) is 15.4. The second kappa shape index (κ2) is 4.81. The zero-order valence-corrected chi connectivity index (χ0v) is 14.4. The molecule has 2 rings (SSSR count). The zero-order chi connectivity index (χ0) is 14.5. The van der Waals surface area contributed by atoms with E-state index in [-0.39, 0.29) is 23.3 Å². The fraction of sp³-hybridized carbons (Fsp3) is 1.00. The normalized spacial score (nSPS) is 34.6. The smallest absolute Gasteiger partial charge is 0.192 e. The molecule has 0 unspecified atom stereocenters. The third kappa shape index (κ3) is 3.21. The monoisotopic (exact) mass is 287 g/mol. The highest BCUT2D eigenvalue weighted by Crippen LogP contribution is 2.38. The molecule has 2 aliphatic heterocycles.